The van der Waals surface area contributed by atoms with Gasteiger partial charge in [0, 0.05) is 15.1 Å². The molecule has 0 unspecified atom stereocenters. The van der Waals surface area contributed by atoms with Gasteiger partial charge in [-0.3, -0.25) is 14.7 Å². The van der Waals surface area contributed by atoms with E-state index >= 15 is 0 Å². The van der Waals surface area contributed by atoms with E-state index in [-0.39, 0.29) is 5.41 Å². The zero-order valence-electron chi connectivity index (χ0n) is 22.2. The van der Waals surface area contributed by atoms with Crippen LogP contribution in [0.2, 0.25) is 15.1 Å². The summed E-state index contributed by atoms with van der Waals surface area (Å²) in [7, 11) is 0. The Morgan fingerprint density at radius 1 is 0.921 bits per heavy atom. The van der Waals surface area contributed by atoms with Crippen LogP contribution in [0.3, 0.4) is 0 Å². The number of ether oxygens (including phenoxy) is 1. The van der Waals surface area contributed by atoms with Crippen molar-refractivity contribution in [1.29, 1.82) is 0 Å². The SMILES string of the molecule is CCOc1cc(C(C)(C)C)c(Cl)cc1C1=N[C@@](C)(c2ccc(Cl)cc2)[C@@](C)(c2ccc(Cl)cc2)N1C(=O)Cl. The molecule has 1 aliphatic heterocycles. The van der Waals surface area contributed by atoms with Crippen LogP contribution >= 0.6 is 46.4 Å². The van der Waals surface area contributed by atoms with Crippen molar-refractivity contribution in [2.75, 3.05) is 6.61 Å². The Bertz CT molecular complexity index is 1400. The third kappa shape index (κ3) is 4.81. The van der Waals surface area contributed by atoms with Crippen molar-refractivity contribution < 1.29 is 9.53 Å². The number of carbonyl (C=O) groups is 1. The summed E-state index contributed by atoms with van der Waals surface area (Å²) in [5, 5.41) is 1.05. The summed E-state index contributed by atoms with van der Waals surface area (Å²) in [6.45, 7) is 12.5. The lowest BCUT2D eigenvalue weighted by Gasteiger charge is -2.44. The zero-order chi connectivity index (χ0) is 28.0. The van der Waals surface area contributed by atoms with Crippen LogP contribution in [0.15, 0.2) is 65.7 Å². The van der Waals surface area contributed by atoms with Gasteiger partial charge in [-0.05, 0) is 90.9 Å². The molecule has 0 bridgehead atoms. The molecule has 1 amide bonds. The van der Waals surface area contributed by atoms with Gasteiger partial charge in [-0.15, -0.1) is 0 Å². The molecule has 0 radical (unpaired) electrons. The molecule has 8 heteroatoms. The minimum absolute atomic E-state index is 0.226. The number of aliphatic imine (C=N–C) groups is 1. The van der Waals surface area contributed by atoms with E-state index in [2.05, 4.69) is 20.8 Å². The van der Waals surface area contributed by atoms with Crippen molar-refractivity contribution in [3.05, 3.63) is 98.0 Å². The summed E-state index contributed by atoms with van der Waals surface area (Å²) in [6.07, 6.45) is 0. The molecule has 0 fully saturated rings. The first-order valence-corrected chi connectivity index (χ1v) is 13.8. The van der Waals surface area contributed by atoms with Gasteiger partial charge in [0.1, 0.15) is 22.7 Å². The Morgan fingerprint density at radius 2 is 1.45 bits per heavy atom. The molecule has 2 atom stereocenters. The summed E-state index contributed by atoms with van der Waals surface area (Å²) in [5.41, 5.74) is 0.931. The first kappa shape index (κ1) is 28.8. The quantitative estimate of drug-likeness (QED) is 0.219. The molecule has 0 aliphatic carbocycles. The highest BCUT2D eigenvalue weighted by Crippen LogP contribution is 2.54. The lowest BCUT2D eigenvalue weighted by atomic mass is 9.71. The molecule has 4 rings (SSSR count). The van der Waals surface area contributed by atoms with Gasteiger partial charge in [0.05, 0.1) is 12.2 Å². The van der Waals surface area contributed by atoms with Gasteiger partial charge in [0.2, 0.25) is 0 Å². The number of hydrogen-bond donors (Lipinski definition) is 0. The van der Waals surface area contributed by atoms with Crippen molar-refractivity contribution >= 4 is 57.6 Å². The summed E-state index contributed by atoms with van der Waals surface area (Å²) in [6, 6.07) is 18.6. The van der Waals surface area contributed by atoms with Gasteiger partial charge in [-0.2, -0.15) is 0 Å². The topological polar surface area (TPSA) is 41.9 Å². The highest BCUT2D eigenvalue weighted by molar-refractivity contribution is 6.64. The molecule has 1 heterocycles. The number of benzene rings is 3. The Morgan fingerprint density at radius 3 is 1.92 bits per heavy atom. The average Bonchev–Trinajstić information content (AvgIpc) is 3.09. The summed E-state index contributed by atoms with van der Waals surface area (Å²) >= 11 is 25.7. The predicted octanol–water partition coefficient (Wildman–Crippen LogP) is 9.59. The third-order valence-electron chi connectivity index (χ3n) is 7.34. The molecule has 3 aromatic carbocycles. The Balaban J connectivity index is 2.07. The second-order valence-electron chi connectivity index (χ2n) is 10.7. The molecular weight excluding hydrogens is 562 g/mol. The number of amidine groups is 1. The monoisotopic (exact) mass is 590 g/mol. The van der Waals surface area contributed by atoms with Crippen molar-refractivity contribution in [2.45, 2.75) is 58.0 Å². The van der Waals surface area contributed by atoms with Gasteiger partial charge in [-0.1, -0.05) is 79.8 Å². The molecular formula is C30H30Cl4N2O2. The van der Waals surface area contributed by atoms with Crippen LogP contribution in [0.1, 0.15) is 63.8 Å². The second-order valence-corrected chi connectivity index (χ2v) is 12.3. The van der Waals surface area contributed by atoms with Gasteiger partial charge in [-0.25, -0.2) is 0 Å². The smallest absolute Gasteiger partial charge is 0.322 e. The van der Waals surface area contributed by atoms with Crippen LogP contribution in [0, 0.1) is 0 Å². The highest BCUT2D eigenvalue weighted by atomic mass is 35.5. The Kier molecular flexibility index (Phi) is 7.86. The van der Waals surface area contributed by atoms with E-state index in [1.54, 1.807) is 12.1 Å². The fourth-order valence-electron chi connectivity index (χ4n) is 5.12. The maximum atomic E-state index is 13.3. The van der Waals surface area contributed by atoms with Gasteiger partial charge in [0.25, 0.3) is 0 Å². The number of rotatable bonds is 5. The van der Waals surface area contributed by atoms with E-state index in [0.29, 0.717) is 38.8 Å². The van der Waals surface area contributed by atoms with Crippen LogP contribution in [0.25, 0.3) is 0 Å². The Hall–Kier alpha value is -2.24. The fourth-order valence-corrected chi connectivity index (χ4v) is 6.07. The highest BCUT2D eigenvalue weighted by Gasteiger charge is 2.59. The molecule has 0 spiro atoms. The molecule has 0 saturated heterocycles. The van der Waals surface area contributed by atoms with Crippen LogP contribution in [-0.2, 0) is 16.5 Å². The number of halogens is 4. The molecule has 0 aromatic heterocycles. The van der Waals surface area contributed by atoms with E-state index in [9.17, 15) is 4.79 Å². The molecule has 0 N–H and O–H groups in total. The van der Waals surface area contributed by atoms with Crippen molar-refractivity contribution in [3.8, 4) is 5.75 Å². The van der Waals surface area contributed by atoms with E-state index in [1.807, 2.05) is 69.3 Å². The predicted molar refractivity (Wildman–Crippen MR) is 159 cm³/mol. The first-order valence-electron chi connectivity index (χ1n) is 12.3. The van der Waals surface area contributed by atoms with Crippen LogP contribution < -0.4 is 4.74 Å². The maximum Gasteiger partial charge on any atom is 0.322 e. The standard InChI is InChI=1S/C30H30Cl4N2O2/c1-7-38-25-17-23(28(2,3)4)24(33)16-22(25)26-35-29(5,18-8-12-20(31)13-9-18)30(6,36(26)27(34)37)19-10-14-21(32)15-11-19/h8-17H,7H2,1-6H3/t29-,30+/m0/s1. The number of hydrogen-bond acceptors (Lipinski definition) is 3. The molecule has 4 nitrogen and oxygen atoms in total. The van der Waals surface area contributed by atoms with Gasteiger partial charge >= 0.3 is 5.37 Å². The zero-order valence-corrected chi connectivity index (χ0v) is 25.2. The van der Waals surface area contributed by atoms with E-state index in [4.69, 9.17) is 56.1 Å². The lowest BCUT2D eigenvalue weighted by Crippen LogP contribution is -2.53. The van der Waals surface area contributed by atoms with Crippen molar-refractivity contribution in [3.63, 3.8) is 0 Å². The molecule has 38 heavy (non-hydrogen) atoms. The maximum absolute atomic E-state index is 13.3. The minimum atomic E-state index is -1.04. The van der Waals surface area contributed by atoms with Crippen molar-refractivity contribution in [1.82, 2.24) is 4.90 Å². The second kappa shape index (κ2) is 10.4. The Labute approximate surface area is 244 Å². The normalized spacial score (nSPS) is 21.4. The third-order valence-corrected chi connectivity index (χ3v) is 8.33. The van der Waals surface area contributed by atoms with Crippen LogP contribution in [0.4, 0.5) is 4.79 Å². The number of nitrogens with zero attached hydrogens (tertiary/aromatic N) is 2. The van der Waals surface area contributed by atoms with E-state index < -0.39 is 16.4 Å². The average molecular weight is 592 g/mol. The number of amides is 1. The molecule has 200 valence electrons. The summed E-state index contributed by atoms with van der Waals surface area (Å²) in [4.78, 5) is 20.1. The first-order chi connectivity index (χ1) is 17.7. The van der Waals surface area contributed by atoms with Gasteiger partial charge in [0.15, 0.2) is 0 Å². The van der Waals surface area contributed by atoms with Crippen molar-refractivity contribution in [2.24, 2.45) is 4.99 Å². The number of carbonyl (C=O) groups excluding carboxylic acids is 1. The van der Waals surface area contributed by atoms with E-state index in [0.717, 1.165) is 16.7 Å². The minimum Gasteiger partial charge on any atom is -0.493 e. The molecule has 0 saturated carbocycles. The van der Waals surface area contributed by atoms with Gasteiger partial charge < -0.3 is 4.74 Å². The lowest BCUT2D eigenvalue weighted by molar-refractivity contribution is 0.149. The van der Waals surface area contributed by atoms with E-state index in [1.165, 1.54) is 4.90 Å². The fraction of sp³-hybridized carbons (Fsp3) is 0.333. The molecule has 3 aromatic rings. The van der Waals surface area contributed by atoms with Crippen LogP contribution in [-0.4, -0.2) is 22.7 Å². The largest absolute Gasteiger partial charge is 0.493 e. The summed E-state index contributed by atoms with van der Waals surface area (Å²) in [5.74, 6) is 0.938. The van der Waals surface area contributed by atoms with Crippen LogP contribution in [0.5, 0.6) is 5.75 Å². The summed E-state index contributed by atoms with van der Waals surface area (Å²) < 4.78 is 6.09. The molecule has 1 aliphatic rings.